The maximum atomic E-state index is 12.6. The van der Waals surface area contributed by atoms with Crippen molar-refractivity contribution in [2.24, 2.45) is 17.3 Å². The molecule has 0 aromatic rings. The predicted octanol–water partition coefficient (Wildman–Crippen LogP) is 4.36. The van der Waals surface area contributed by atoms with Crippen molar-refractivity contribution < 1.29 is 19.1 Å². The summed E-state index contributed by atoms with van der Waals surface area (Å²) in [6.45, 7) is 12.8. The zero-order chi connectivity index (χ0) is 17.2. The highest BCUT2D eigenvalue weighted by atomic mass is 16.5. The molecule has 0 spiro atoms. The van der Waals surface area contributed by atoms with Crippen LogP contribution in [0, 0.1) is 17.3 Å². The van der Waals surface area contributed by atoms with Gasteiger partial charge in [-0.3, -0.25) is 9.59 Å². The van der Waals surface area contributed by atoms with E-state index in [4.69, 9.17) is 9.47 Å². The lowest BCUT2D eigenvalue weighted by atomic mass is 9.74. The van der Waals surface area contributed by atoms with Crippen LogP contribution in [0.1, 0.15) is 73.6 Å². The molecule has 130 valence electrons. The summed E-state index contributed by atoms with van der Waals surface area (Å²) < 4.78 is 10.4. The molecular formula is C18H34O4. The molecule has 0 saturated heterocycles. The van der Waals surface area contributed by atoms with E-state index in [-0.39, 0.29) is 18.4 Å². The molecule has 0 aromatic carbocycles. The fraction of sp³-hybridized carbons (Fsp3) is 0.889. The van der Waals surface area contributed by atoms with Crippen molar-refractivity contribution in [3.8, 4) is 0 Å². The normalized spacial score (nSPS) is 11.8. The number of hydrogen-bond donors (Lipinski definition) is 0. The van der Waals surface area contributed by atoms with E-state index >= 15 is 0 Å². The molecule has 0 aliphatic rings. The van der Waals surface area contributed by atoms with Crippen molar-refractivity contribution >= 4 is 11.9 Å². The summed E-state index contributed by atoms with van der Waals surface area (Å²) in [5.74, 6) is 0.414. The lowest BCUT2D eigenvalue weighted by molar-refractivity contribution is -0.164. The largest absolute Gasteiger partial charge is 0.466 e. The molecule has 4 nitrogen and oxygen atoms in total. The third-order valence-corrected chi connectivity index (χ3v) is 3.90. The molecule has 0 aromatic heterocycles. The molecule has 0 radical (unpaired) electrons. The molecule has 0 fully saturated rings. The Kier molecular flexibility index (Phi) is 10.1. The van der Waals surface area contributed by atoms with E-state index < -0.39 is 5.41 Å². The molecule has 0 aliphatic carbocycles. The zero-order valence-electron chi connectivity index (χ0n) is 15.2. The van der Waals surface area contributed by atoms with E-state index in [0.717, 1.165) is 12.8 Å². The van der Waals surface area contributed by atoms with Gasteiger partial charge in [-0.15, -0.1) is 0 Å². The van der Waals surface area contributed by atoms with E-state index in [1.807, 2.05) is 0 Å². The Balaban J connectivity index is 5.26. The Hall–Kier alpha value is -1.06. The van der Waals surface area contributed by atoms with Gasteiger partial charge in [0.1, 0.15) is 0 Å². The summed E-state index contributed by atoms with van der Waals surface area (Å²) in [7, 11) is 0. The fourth-order valence-electron chi connectivity index (χ4n) is 2.48. The molecule has 0 N–H and O–H groups in total. The van der Waals surface area contributed by atoms with Crippen LogP contribution in [0.3, 0.4) is 0 Å². The van der Waals surface area contributed by atoms with E-state index in [2.05, 4.69) is 27.7 Å². The fourth-order valence-corrected chi connectivity index (χ4v) is 2.48. The molecular weight excluding hydrogens is 280 g/mol. The van der Waals surface area contributed by atoms with Gasteiger partial charge >= 0.3 is 11.9 Å². The maximum Gasteiger partial charge on any atom is 0.312 e. The van der Waals surface area contributed by atoms with E-state index in [1.165, 1.54) is 0 Å². The summed E-state index contributed by atoms with van der Waals surface area (Å²) in [6, 6.07) is 0. The van der Waals surface area contributed by atoms with Crippen LogP contribution < -0.4 is 0 Å². The quantitative estimate of drug-likeness (QED) is 0.532. The Bertz CT molecular complexity index is 322. The predicted molar refractivity (Wildman–Crippen MR) is 88.5 cm³/mol. The number of ether oxygens (including phenoxy) is 2. The minimum absolute atomic E-state index is 0.124. The van der Waals surface area contributed by atoms with Crippen LogP contribution in [-0.2, 0) is 19.1 Å². The van der Waals surface area contributed by atoms with Crippen molar-refractivity contribution in [1.29, 1.82) is 0 Å². The average Bonchev–Trinajstić information content (AvgIpc) is 2.42. The second-order valence-corrected chi connectivity index (χ2v) is 6.85. The second kappa shape index (κ2) is 10.6. The topological polar surface area (TPSA) is 52.6 Å². The van der Waals surface area contributed by atoms with Gasteiger partial charge in [0.15, 0.2) is 0 Å². The first-order valence-corrected chi connectivity index (χ1v) is 8.60. The smallest absolute Gasteiger partial charge is 0.312 e. The van der Waals surface area contributed by atoms with Gasteiger partial charge in [-0.25, -0.2) is 0 Å². The van der Waals surface area contributed by atoms with Crippen LogP contribution in [0.2, 0.25) is 0 Å². The molecule has 0 aliphatic heterocycles. The van der Waals surface area contributed by atoms with E-state index in [9.17, 15) is 9.59 Å². The van der Waals surface area contributed by atoms with Gasteiger partial charge < -0.3 is 9.47 Å². The first kappa shape index (κ1) is 20.9. The molecule has 0 bridgehead atoms. The summed E-state index contributed by atoms with van der Waals surface area (Å²) >= 11 is 0. The number of rotatable bonds is 11. The zero-order valence-corrected chi connectivity index (χ0v) is 15.2. The SMILES string of the molecule is CCOC(=O)CC(CCC(C)C)(CCC(C)C)C(=O)OCC. The molecule has 0 atom stereocenters. The number of carbonyl (C=O) groups excluding carboxylic acids is 2. The standard InChI is InChI=1S/C18H34O4/c1-7-21-16(19)13-18(11-9-14(3)4,12-10-15(5)6)17(20)22-8-2/h14-15H,7-13H2,1-6H3. The number of esters is 2. The lowest BCUT2D eigenvalue weighted by Gasteiger charge is -2.32. The van der Waals surface area contributed by atoms with Gasteiger partial charge in [0.2, 0.25) is 0 Å². The van der Waals surface area contributed by atoms with Crippen molar-refractivity contribution in [2.45, 2.75) is 73.6 Å². The van der Waals surface area contributed by atoms with E-state index in [0.29, 0.717) is 37.9 Å². The minimum atomic E-state index is -0.739. The highest BCUT2D eigenvalue weighted by molar-refractivity contribution is 5.83. The monoisotopic (exact) mass is 314 g/mol. The molecule has 0 saturated carbocycles. The first-order valence-electron chi connectivity index (χ1n) is 8.60. The maximum absolute atomic E-state index is 12.6. The second-order valence-electron chi connectivity index (χ2n) is 6.85. The lowest BCUT2D eigenvalue weighted by Crippen LogP contribution is -2.37. The minimum Gasteiger partial charge on any atom is -0.466 e. The van der Waals surface area contributed by atoms with Gasteiger partial charge in [-0.1, -0.05) is 27.7 Å². The van der Waals surface area contributed by atoms with Gasteiger partial charge in [-0.2, -0.15) is 0 Å². The highest BCUT2D eigenvalue weighted by Gasteiger charge is 2.41. The van der Waals surface area contributed by atoms with E-state index in [1.54, 1.807) is 13.8 Å². The summed E-state index contributed by atoms with van der Waals surface area (Å²) in [5, 5.41) is 0. The third kappa shape index (κ3) is 7.81. The summed E-state index contributed by atoms with van der Waals surface area (Å²) in [6.07, 6.45) is 3.27. The Labute approximate surface area is 135 Å². The van der Waals surface area contributed by atoms with Crippen LogP contribution in [0.5, 0.6) is 0 Å². The molecule has 0 unspecified atom stereocenters. The molecule has 0 heterocycles. The molecule has 22 heavy (non-hydrogen) atoms. The van der Waals surface area contributed by atoms with Crippen molar-refractivity contribution in [3.63, 3.8) is 0 Å². The van der Waals surface area contributed by atoms with Crippen LogP contribution >= 0.6 is 0 Å². The van der Waals surface area contributed by atoms with Crippen LogP contribution in [-0.4, -0.2) is 25.2 Å². The van der Waals surface area contributed by atoms with Gasteiger partial charge in [0, 0.05) is 0 Å². The summed E-state index contributed by atoms with van der Waals surface area (Å²) in [5.41, 5.74) is -0.739. The van der Waals surface area contributed by atoms with Gasteiger partial charge in [0.05, 0.1) is 25.0 Å². The third-order valence-electron chi connectivity index (χ3n) is 3.90. The van der Waals surface area contributed by atoms with Crippen molar-refractivity contribution in [2.75, 3.05) is 13.2 Å². The van der Waals surface area contributed by atoms with Crippen LogP contribution in [0.25, 0.3) is 0 Å². The summed E-state index contributed by atoms with van der Waals surface area (Å²) in [4.78, 5) is 24.6. The Morgan fingerprint density at radius 3 is 1.68 bits per heavy atom. The number of hydrogen-bond acceptors (Lipinski definition) is 4. The van der Waals surface area contributed by atoms with Crippen LogP contribution in [0.4, 0.5) is 0 Å². The molecule has 0 rings (SSSR count). The van der Waals surface area contributed by atoms with Crippen LogP contribution in [0.15, 0.2) is 0 Å². The van der Waals surface area contributed by atoms with Gasteiger partial charge in [0.25, 0.3) is 0 Å². The first-order chi connectivity index (χ1) is 10.3. The number of carbonyl (C=O) groups is 2. The van der Waals surface area contributed by atoms with Gasteiger partial charge in [-0.05, 0) is 51.4 Å². The molecule has 0 amide bonds. The Morgan fingerprint density at radius 1 is 0.864 bits per heavy atom. The average molecular weight is 314 g/mol. The Morgan fingerprint density at radius 2 is 1.32 bits per heavy atom. The van der Waals surface area contributed by atoms with Crippen molar-refractivity contribution in [3.05, 3.63) is 0 Å². The highest BCUT2D eigenvalue weighted by Crippen LogP contribution is 2.38. The molecule has 4 heteroatoms. The van der Waals surface area contributed by atoms with Crippen molar-refractivity contribution in [1.82, 2.24) is 0 Å².